The zero-order chi connectivity index (χ0) is 31.3. The fourth-order valence-electron chi connectivity index (χ4n) is 7.10. The molecular formula is C33H50N2O7S. The van der Waals surface area contributed by atoms with Crippen LogP contribution in [0.1, 0.15) is 84.6 Å². The molecule has 1 aromatic rings. The molecule has 4 rings (SSSR count). The van der Waals surface area contributed by atoms with Gasteiger partial charge in [0.25, 0.3) is 0 Å². The summed E-state index contributed by atoms with van der Waals surface area (Å²) in [4.78, 5) is 42.5. The van der Waals surface area contributed by atoms with Crippen LogP contribution in [0.4, 0.5) is 0 Å². The molecule has 240 valence electrons. The molecule has 1 heterocycles. The first-order chi connectivity index (χ1) is 20.4. The largest absolute Gasteiger partial charge is 0.504 e. The summed E-state index contributed by atoms with van der Waals surface area (Å²) in [5.41, 5.74) is 0.668. The number of rotatable bonds is 10. The van der Waals surface area contributed by atoms with Crippen molar-refractivity contribution in [3.05, 3.63) is 23.8 Å². The van der Waals surface area contributed by atoms with Crippen molar-refractivity contribution in [2.75, 3.05) is 18.1 Å². The van der Waals surface area contributed by atoms with Crippen LogP contribution in [0.25, 0.3) is 0 Å². The molecule has 43 heavy (non-hydrogen) atoms. The number of hydrogen-bond donors (Lipinski definition) is 4. The average Bonchev–Trinajstić information content (AvgIpc) is 3.24. The first kappa shape index (κ1) is 33.4. The van der Waals surface area contributed by atoms with Gasteiger partial charge >= 0.3 is 5.97 Å². The van der Waals surface area contributed by atoms with Gasteiger partial charge in [0.2, 0.25) is 11.8 Å². The normalized spacial score (nSPS) is 26.3. The Morgan fingerprint density at radius 2 is 1.81 bits per heavy atom. The molecule has 6 atom stereocenters. The van der Waals surface area contributed by atoms with E-state index < -0.39 is 30.1 Å². The molecule has 0 spiro atoms. The van der Waals surface area contributed by atoms with Crippen LogP contribution in [0.3, 0.4) is 0 Å². The Kier molecular flexibility index (Phi) is 11.3. The number of aliphatic hydroxyl groups is 1. The van der Waals surface area contributed by atoms with E-state index in [1.54, 1.807) is 16.7 Å². The molecule has 2 saturated carbocycles. The standard InChI is InChI=1S/C33H50N2O7S/c1-20-10-12-24(33(20,3)4)16-21(2)42-32(41)25-19-43-15-14-35(25)31(40)29(23-8-6-5-7-9-23)34-30(39)28(38)18-22-11-13-26(36)27(37)17-22/h11,13,17,20-21,23-25,28-29,36-38H,5-10,12,14-16,18-19H2,1-4H3,(H,34,39). The molecule has 6 unspecified atom stereocenters. The minimum Gasteiger partial charge on any atom is -0.504 e. The number of ether oxygens (including phenoxy) is 1. The number of hydrogen-bond acceptors (Lipinski definition) is 8. The molecule has 4 N–H and O–H groups in total. The summed E-state index contributed by atoms with van der Waals surface area (Å²) in [5.74, 6) is 0.165. The molecule has 9 nitrogen and oxygen atoms in total. The predicted octanol–water partition coefficient (Wildman–Crippen LogP) is 4.40. The van der Waals surface area contributed by atoms with Crippen LogP contribution in [-0.4, -0.2) is 80.3 Å². The number of benzene rings is 1. The van der Waals surface area contributed by atoms with Crippen LogP contribution in [0.2, 0.25) is 0 Å². The number of amides is 2. The van der Waals surface area contributed by atoms with Crippen LogP contribution >= 0.6 is 11.8 Å². The summed E-state index contributed by atoms with van der Waals surface area (Å²) in [6.45, 7) is 9.22. The number of thioether (sulfide) groups is 1. The quantitative estimate of drug-likeness (QED) is 0.224. The molecule has 0 bridgehead atoms. The molecule has 1 aromatic carbocycles. The number of carbonyl (C=O) groups is 3. The van der Waals surface area contributed by atoms with E-state index in [-0.39, 0.29) is 41.3 Å². The summed E-state index contributed by atoms with van der Waals surface area (Å²) >= 11 is 1.62. The molecule has 2 aliphatic carbocycles. The summed E-state index contributed by atoms with van der Waals surface area (Å²) in [5, 5.41) is 32.9. The van der Waals surface area contributed by atoms with E-state index in [2.05, 4.69) is 26.1 Å². The Bertz CT molecular complexity index is 1140. The Labute approximate surface area is 260 Å². The van der Waals surface area contributed by atoms with Crippen molar-refractivity contribution in [2.24, 2.45) is 23.2 Å². The molecule has 3 aliphatic rings. The van der Waals surface area contributed by atoms with E-state index in [0.717, 1.165) is 44.9 Å². The first-order valence-corrected chi connectivity index (χ1v) is 17.1. The highest BCUT2D eigenvalue weighted by molar-refractivity contribution is 7.99. The molecule has 2 amide bonds. The first-order valence-electron chi connectivity index (χ1n) is 16.0. The minimum absolute atomic E-state index is 0.0883. The fourth-order valence-corrected chi connectivity index (χ4v) is 8.13. The van der Waals surface area contributed by atoms with E-state index in [9.17, 15) is 29.7 Å². The van der Waals surface area contributed by atoms with Crippen LogP contribution in [0, 0.1) is 23.2 Å². The highest BCUT2D eigenvalue weighted by Crippen LogP contribution is 2.49. The monoisotopic (exact) mass is 618 g/mol. The van der Waals surface area contributed by atoms with Gasteiger partial charge in [-0.15, -0.1) is 0 Å². The lowest BCUT2D eigenvalue weighted by Crippen LogP contribution is -2.60. The van der Waals surface area contributed by atoms with Gasteiger partial charge in [-0.1, -0.05) is 46.1 Å². The lowest BCUT2D eigenvalue weighted by Gasteiger charge is -2.39. The second-order valence-electron chi connectivity index (χ2n) is 13.5. The van der Waals surface area contributed by atoms with E-state index in [1.807, 2.05) is 6.92 Å². The molecular weight excluding hydrogens is 568 g/mol. The highest BCUT2D eigenvalue weighted by atomic mass is 32.2. The number of phenolic OH excluding ortho intramolecular Hbond substituents is 2. The van der Waals surface area contributed by atoms with Crippen molar-refractivity contribution < 1.29 is 34.4 Å². The van der Waals surface area contributed by atoms with Crippen LogP contribution in [0.5, 0.6) is 11.5 Å². The predicted molar refractivity (Wildman–Crippen MR) is 167 cm³/mol. The number of nitrogens with zero attached hydrogens (tertiary/aromatic N) is 1. The van der Waals surface area contributed by atoms with Crippen molar-refractivity contribution in [3.63, 3.8) is 0 Å². The third-order valence-electron chi connectivity index (χ3n) is 10.3. The zero-order valence-corrected chi connectivity index (χ0v) is 26.9. The molecule has 1 aliphatic heterocycles. The summed E-state index contributed by atoms with van der Waals surface area (Å²) in [6, 6.07) is 2.54. The van der Waals surface area contributed by atoms with Gasteiger partial charge < -0.3 is 30.3 Å². The van der Waals surface area contributed by atoms with E-state index in [4.69, 9.17) is 4.74 Å². The molecule has 0 radical (unpaired) electrons. The highest BCUT2D eigenvalue weighted by Gasteiger charge is 2.43. The van der Waals surface area contributed by atoms with Gasteiger partial charge in [-0.05, 0) is 79.9 Å². The number of aromatic hydroxyl groups is 2. The van der Waals surface area contributed by atoms with Gasteiger partial charge in [-0.3, -0.25) is 9.59 Å². The topological polar surface area (TPSA) is 136 Å². The maximum absolute atomic E-state index is 14.1. The summed E-state index contributed by atoms with van der Waals surface area (Å²) < 4.78 is 5.98. The molecule has 0 aromatic heterocycles. The second-order valence-corrected chi connectivity index (χ2v) is 14.7. The lowest BCUT2D eigenvalue weighted by molar-refractivity contribution is -0.160. The van der Waals surface area contributed by atoms with Crippen molar-refractivity contribution in [1.82, 2.24) is 10.2 Å². The smallest absolute Gasteiger partial charge is 0.329 e. The van der Waals surface area contributed by atoms with Crippen molar-refractivity contribution in [2.45, 2.75) is 110 Å². The maximum atomic E-state index is 14.1. The number of carbonyl (C=O) groups excluding carboxylic acids is 3. The SMILES string of the molecule is CC(CC1CCC(C)C1(C)C)OC(=O)C1CSCCN1C(=O)C(NC(=O)C(O)Cc1ccc(O)c(O)c1)C1CCCCC1. The van der Waals surface area contributed by atoms with Crippen molar-refractivity contribution >= 4 is 29.5 Å². The van der Waals surface area contributed by atoms with Crippen LogP contribution < -0.4 is 5.32 Å². The number of nitrogens with one attached hydrogen (secondary N) is 1. The Morgan fingerprint density at radius 1 is 1.09 bits per heavy atom. The number of esters is 1. The molecule has 10 heteroatoms. The fraction of sp³-hybridized carbons (Fsp3) is 0.727. The minimum atomic E-state index is -1.45. The van der Waals surface area contributed by atoms with Gasteiger partial charge in [-0.2, -0.15) is 11.8 Å². The molecule has 1 saturated heterocycles. The van der Waals surface area contributed by atoms with E-state index in [1.165, 1.54) is 24.6 Å². The summed E-state index contributed by atoms with van der Waals surface area (Å²) in [7, 11) is 0. The van der Waals surface area contributed by atoms with Gasteiger partial charge in [0.05, 0.1) is 6.10 Å². The van der Waals surface area contributed by atoms with Gasteiger partial charge in [0.1, 0.15) is 18.2 Å². The average molecular weight is 619 g/mol. The number of phenols is 2. The Morgan fingerprint density at radius 3 is 2.47 bits per heavy atom. The van der Waals surface area contributed by atoms with Crippen molar-refractivity contribution in [1.29, 1.82) is 0 Å². The van der Waals surface area contributed by atoms with Crippen molar-refractivity contribution in [3.8, 4) is 11.5 Å². The zero-order valence-electron chi connectivity index (χ0n) is 26.1. The maximum Gasteiger partial charge on any atom is 0.329 e. The van der Waals surface area contributed by atoms with Gasteiger partial charge in [0.15, 0.2) is 11.5 Å². The van der Waals surface area contributed by atoms with Gasteiger partial charge in [0, 0.05) is 24.5 Å². The number of aliphatic hydroxyl groups excluding tert-OH is 1. The van der Waals surface area contributed by atoms with Gasteiger partial charge in [-0.25, -0.2) is 4.79 Å². The third kappa shape index (κ3) is 8.18. The lowest BCUT2D eigenvalue weighted by atomic mass is 9.74. The Hall–Kier alpha value is -2.46. The Balaban J connectivity index is 1.44. The van der Waals surface area contributed by atoms with Crippen LogP contribution in [0.15, 0.2) is 18.2 Å². The molecule has 3 fully saturated rings. The third-order valence-corrected chi connectivity index (χ3v) is 11.4. The van der Waals surface area contributed by atoms with E-state index >= 15 is 0 Å². The van der Waals surface area contributed by atoms with Crippen LogP contribution in [-0.2, 0) is 25.5 Å². The second kappa shape index (κ2) is 14.5. The van der Waals surface area contributed by atoms with E-state index in [0.29, 0.717) is 35.4 Å². The summed E-state index contributed by atoms with van der Waals surface area (Å²) in [6.07, 6.45) is 5.85.